The summed E-state index contributed by atoms with van der Waals surface area (Å²) in [6.07, 6.45) is 6.18. The lowest BCUT2D eigenvalue weighted by Gasteiger charge is -2.18. The van der Waals surface area contributed by atoms with Crippen molar-refractivity contribution in [1.82, 2.24) is 15.1 Å². The van der Waals surface area contributed by atoms with Gasteiger partial charge in [-0.2, -0.15) is 16.9 Å². The summed E-state index contributed by atoms with van der Waals surface area (Å²) in [6.45, 7) is 8.44. The van der Waals surface area contributed by atoms with Gasteiger partial charge in [-0.25, -0.2) is 0 Å². The lowest BCUT2D eigenvalue weighted by Crippen LogP contribution is -2.22. The van der Waals surface area contributed by atoms with E-state index in [-0.39, 0.29) is 5.54 Å². The van der Waals surface area contributed by atoms with Crippen molar-refractivity contribution < 1.29 is 0 Å². The summed E-state index contributed by atoms with van der Waals surface area (Å²) in [5.74, 6) is 1.16. The van der Waals surface area contributed by atoms with Gasteiger partial charge in [0, 0.05) is 30.6 Å². The van der Waals surface area contributed by atoms with Gasteiger partial charge in [0.1, 0.15) is 0 Å². The zero-order valence-corrected chi connectivity index (χ0v) is 10.9. The van der Waals surface area contributed by atoms with E-state index >= 15 is 0 Å². The number of hydrogen-bond acceptors (Lipinski definition) is 3. The number of nitrogens with zero attached hydrogens (tertiary/aromatic N) is 2. The van der Waals surface area contributed by atoms with Crippen LogP contribution in [0.15, 0.2) is 12.4 Å². The molecule has 0 saturated heterocycles. The summed E-state index contributed by atoms with van der Waals surface area (Å²) in [6, 6.07) is 0. The van der Waals surface area contributed by atoms with E-state index in [1.807, 2.05) is 22.6 Å². The Bertz CT molecular complexity index is 288. The van der Waals surface area contributed by atoms with Gasteiger partial charge < -0.3 is 5.32 Å². The van der Waals surface area contributed by atoms with Crippen molar-refractivity contribution in [3.8, 4) is 0 Å². The summed E-state index contributed by atoms with van der Waals surface area (Å²) < 4.78 is 2.01. The summed E-state index contributed by atoms with van der Waals surface area (Å²) in [5.41, 5.74) is 1.34. The van der Waals surface area contributed by atoms with E-state index in [4.69, 9.17) is 0 Å². The molecule has 1 heterocycles. The standard InChI is InChI=1S/C11H21N3S/c1-11(2,3)14-9-10(8-13-14)7-12-5-6-15-4/h8-9,12H,5-7H2,1-4H3. The zero-order chi connectivity index (χ0) is 11.3. The number of nitrogens with one attached hydrogen (secondary N) is 1. The number of aromatic nitrogens is 2. The first-order valence-electron chi connectivity index (χ1n) is 5.27. The predicted molar refractivity (Wildman–Crippen MR) is 67.3 cm³/mol. The van der Waals surface area contributed by atoms with Gasteiger partial charge in [-0.1, -0.05) is 0 Å². The zero-order valence-electron chi connectivity index (χ0n) is 10.1. The van der Waals surface area contributed by atoms with Gasteiger partial charge in [-0.3, -0.25) is 4.68 Å². The van der Waals surface area contributed by atoms with E-state index in [2.05, 4.69) is 43.6 Å². The van der Waals surface area contributed by atoms with Gasteiger partial charge in [0.15, 0.2) is 0 Å². The molecule has 1 aromatic rings. The van der Waals surface area contributed by atoms with Crippen LogP contribution >= 0.6 is 11.8 Å². The topological polar surface area (TPSA) is 29.9 Å². The summed E-state index contributed by atoms with van der Waals surface area (Å²) >= 11 is 1.86. The molecule has 0 saturated carbocycles. The molecule has 0 radical (unpaired) electrons. The molecular formula is C11H21N3S. The number of rotatable bonds is 5. The fraction of sp³-hybridized carbons (Fsp3) is 0.727. The second-order valence-corrected chi connectivity index (χ2v) is 5.62. The van der Waals surface area contributed by atoms with Crippen LogP contribution in [0, 0.1) is 0 Å². The van der Waals surface area contributed by atoms with Crippen LogP contribution in [0.5, 0.6) is 0 Å². The maximum Gasteiger partial charge on any atom is 0.0543 e. The largest absolute Gasteiger partial charge is 0.312 e. The molecule has 0 fully saturated rings. The second kappa shape index (κ2) is 5.56. The van der Waals surface area contributed by atoms with Gasteiger partial charge in [0.25, 0.3) is 0 Å². The maximum atomic E-state index is 4.36. The minimum Gasteiger partial charge on any atom is -0.312 e. The van der Waals surface area contributed by atoms with Crippen molar-refractivity contribution in [2.24, 2.45) is 0 Å². The molecule has 0 bridgehead atoms. The van der Waals surface area contributed by atoms with E-state index < -0.39 is 0 Å². The maximum absolute atomic E-state index is 4.36. The number of hydrogen-bond donors (Lipinski definition) is 1. The molecular weight excluding hydrogens is 206 g/mol. The van der Waals surface area contributed by atoms with E-state index in [1.165, 1.54) is 5.56 Å². The monoisotopic (exact) mass is 227 g/mol. The molecule has 0 aliphatic rings. The van der Waals surface area contributed by atoms with Crippen molar-refractivity contribution in [2.45, 2.75) is 32.9 Å². The lowest BCUT2D eigenvalue weighted by molar-refractivity contribution is 0.355. The highest BCUT2D eigenvalue weighted by atomic mass is 32.2. The highest BCUT2D eigenvalue weighted by Gasteiger charge is 2.13. The van der Waals surface area contributed by atoms with Crippen molar-refractivity contribution in [3.05, 3.63) is 18.0 Å². The van der Waals surface area contributed by atoms with Crippen LogP contribution in [0.2, 0.25) is 0 Å². The van der Waals surface area contributed by atoms with Gasteiger partial charge in [0.2, 0.25) is 0 Å². The van der Waals surface area contributed by atoms with E-state index in [0.29, 0.717) is 0 Å². The molecule has 1 rings (SSSR count). The Morgan fingerprint density at radius 2 is 2.20 bits per heavy atom. The summed E-state index contributed by atoms with van der Waals surface area (Å²) in [4.78, 5) is 0. The Kier molecular flexibility index (Phi) is 4.67. The summed E-state index contributed by atoms with van der Waals surface area (Å²) in [7, 11) is 0. The van der Waals surface area contributed by atoms with Gasteiger partial charge in [-0.05, 0) is 27.0 Å². The predicted octanol–water partition coefficient (Wildman–Crippen LogP) is 2.09. The Labute approximate surface area is 96.6 Å². The summed E-state index contributed by atoms with van der Waals surface area (Å²) in [5, 5.41) is 7.75. The molecule has 1 N–H and O–H groups in total. The van der Waals surface area contributed by atoms with Crippen LogP contribution in [0.1, 0.15) is 26.3 Å². The molecule has 86 valence electrons. The highest BCUT2D eigenvalue weighted by molar-refractivity contribution is 7.98. The molecule has 4 heteroatoms. The van der Waals surface area contributed by atoms with Gasteiger partial charge >= 0.3 is 0 Å². The van der Waals surface area contributed by atoms with Crippen LogP contribution in [0.3, 0.4) is 0 Å². The molecule has 0 atom stereocenters. The molecule has 0 aliphatic carbocycles. The smallest absolute Gasteiger partial charge is 0.0543 e. The number of thioether (sulfide) groups is 1. The quantitative estimate of drug-likeness (QED) is 0.781. The second-order valence-electron chi connectivity index (χ2n) is 4.63. The fourth-order valence-corrected chi connectivity index (χ4v) is 1.57. The van der Waals surface area contributed by atoms with Crippen LogP contribution in [-0.4, -0.2) is 28.3 Å². The van der Waals surface area contributed by atoms with Crippen molar-refractivity contribution in [1.29, 1.82) is 0 Å². The average Bonchev–Trinajstić information content (AvgIpc) is 2.60. The third kappa shape index (κ3) is 4.26. The van der Waals surface area contributed by atoms with E-state index in [1.54, 1.807) is 0 Å². The third-order valence-corrected chi connectivity index (χ3v) is 2.75. The van der Waals surface area contributed by atoms with Gasteiger partial charge in [0.05, 0.1) is 11.7 Å². The first-order chi connectivity index (χ1) is 7.04. The molecule has 1 aromatic heterocycles. The Hall–Kier alpha value is -0.480. The molecule has 3 nitrogen and oxygen atoms in total. The Morgan fingerprint density at radius 1 is 1.47 bits per heavy atom. The first kappa shape index (κ1) is 12.6. The normalized spacial score (nSPS) is 12.0. The lowest BCUT2D eigenvalue weighted by atomic mass is 10.1. The molecule has 0 unspecified atom stereocenters. The average molecular weight is 227 g/mol. The van der Waals surface area contributed by atoms with Crippen LogP contribution in [0.4, 0.5) is 0 Å². The minimum atomic E-state index is 0.0809. The van der Waals surface area contributed by atoms with Crippen LogP contribution in [0.25, 0.3) is 0 Å². The Morgan fingerprint density at radius 3 is 2.73 bits per heavy atom. The van der Waals surface area contributed by atoms with Crippen molar-refractivity contribution >= 4 is 11.8 Å². The molecule has 0 spiro atoms. The molecule has 0 aromatic carbocycles. The Balaban J connectivity index is 2.40. The molecule has 0 amide bonds. The third-order valence-electron chi connectivity index (χ3n) is 2.14. The SMILES string of the molecule is CSCCNCc1cnn(C(C)(C)C)c1. The minimum absolute atomic E-state index is 0.0809. The van der Waals surface area contributed by atoms with Gasteiger partial charge in [-0.15, -0.1) is 0 Å². The van der Waals surface area contributed by atoms with E-state index in [9.17, 15) is 0 Å². The van der Waals surface area contributed by atoms with Crippen LogP contribution in [-0.2, 0) is 12.1 Å². The van der Waals surface area contributed by atoms with Crippen LogP contribution < -0.4 is 5.32 Å². The van der Waals surface area contributed by atoms with Crippen molar-refractivity contribution in [3.63, 3.8) is 0 Å². The molecule has 15 heavy (non-hydrogen) atoms. The fourth-order valence-electron chi connectivity index (χ4n) is 1.23. The molecule has 0 aliphatic heterocycles. The van der Waals surface area contributed by atoms with E-state index in [0.717, 1.165) is 18.8 Å². The highest BCUT2D eigenvalue weighted by Crippen LogP contribution is 2.12. The van der Waals surface area contributed by atoms with Crippen molar-refractivity contribution in [2.75, 3.05) is 18.6 Å². The first-order valence-corrected chi connectivity index (χ1v) is 6.67.